The minimum absolute atomic E-state index is 0. The molecule has 0 aromatic heterocycles. The van der Waals surface area contributed by atoms with Gasteiger partial charge in [-0.1, -0.05) is 139 Å². The van der Waals surface area contributed by atoms with E-state index >= 15 is 0 Å². The molecule has 2 rings (SSSR count). The van der Waals surface area contributed by atoms with Crippen molar-refractivity contribution in [2.75, 3.05) is 13.6 Å². The van der Waals surface area contributed by atoms with E-state index < -0.39 is 93.9 Å². The molecule has 0 spiro atoms. The molecule has 0 saturated carbocycles. The van der Waals surface area contributed by atoms with Gasteiger partial charge >= 0.3 is 47.1 Å². The van der Waals surface area contributed by atoms with Gasteiger partial charge in [0, 0.05) is 38.0 Å². The second kappa shape index (κ2) is 20.3. The van der Waals surface area contributed by atoms with Crippen molar-refractivity contribution in [1.82, 2.24) is 9.21 Å². The summed E-state index contributed by atoms with van der Waals surface area (Å²) in [6.45, 7) is 13.2. The maximum atomic E-state index is 14.6. The summed E-state index contributed by atoms with van der Waals surface area (Å²) in [4.78, 5) is 12.7. The molecule has 2 aromatic carbocycles. The maximum absolute atomic E-state index is 14.6. The molecule has 23 heteroatoms. The topological polar surface area (TPSA) is 66.9 Å². The van der Waals surface area contributed by atoms with Crippen molar-refractivity contribution in [3.8, 4) is 0 Å². The van der Waals surface area contributed by atoms with E-state index in [9.17, 15) is 83.5 Å². The Morgan fingerprint density at radius 1 is 0.591 bits per heavy atom. The Bertz CT molecular complexity index is 2010. The molecule has 0 aliphatic heterocycles. The van der Waals surface area contributed by atoms with Gasteiger partial charge in [0.1, 0.15) is 0 Å². The molecule has 6 nitrogen and oxygen atoms in total. The number of carbonyl (C=O) groups is 1. The highest BCUT2D eigenvalue weighted by Gasteiger charge is 2.86. The number of nitrogens with zero attached hydrogens (tertiary/aromatic N) is 2. The van der Waals surface area contributed by atoms with Gasteiger partial charge in [-0.3, -0.25) is 4.79 Å². The molecule has 0 unspecified atom stereocenters. The summed E-state index contributed by atoms with van der Waals surface area (Å²) in [5.74, 6) is -33.6. The van der Waals surface area contributed by atoms with E-state index in [2.05, 4.69) is 4.74 Å². The van der Waals surface area contributed by atoms with E-state index in [0.717, 1.165) is 25.1 Å². The summed E-state index contributed by atoms with van der Waals surface area (Å²) < 4.78 is 251. The standard InChI is InChI=1S/C21H29F8NO2S.C21H27F8NO2.CH4/c1-8-30(13-14-9-11-15(12-10-14)16(2,3)4)33(31,32)21(28,29)20(26,27)19(24,25)18(22,23)17(5,6)7;1-13(2)19(24,25)21(28,29)32-20(26,27)18(22,23)11-16(31)30(6)12-14-7-9-15(10-8-14)17(3,4)5;/h9-12H,8,13H2,1-7H3;7-10,13H,11-12H2,1-6H3;1H4. The predicted molar refractivity (Wildman–Crippen MR) is 218 cm³/mol. The van der Waals surface area contributed by atoms with Gasteiger partial charge in [-0.25, -0.2) is 13.2 Å². The molecular formula is C43H60F16N2O4S. The van der Waals surface area contributed by atoms with E-state index in [0.29, 0.717) is 45.1 Å². The summed E-state index contributed by atoms with van der Waals surface area (Å²) in [5.41, 5.74) is -0.964. The molecule has 0 N–H and O–H groups in total. The van der Waals surface area contributed by atoms with Gasteiger partial charge in [-0.15, -0.1) is 0 Å². The Morgan fingerprint density at radius 2 is 0.955 bits per heavy atom. The van der Waals surface area contributed by atoms with Crippen molar-refractivity contribution in [2.45, 2.75) is 168 Å². The average Bonchev–Trinajstić information content (AvgIpc) is 3.12. The van der Waals surface area contributed by atoms with Crippen molar-refractivity contribution in [1.29, 1.82) is 0 Å². The molecule has 1 amide bonds. The summed E-state index contributed by atoms with van der Waals surface area (Å²) >= 11 is 0. The fraction of sp³-hybridized carbons (Fsp3) is 0.698. The third-order valence-corrected chi connectivity index (χ3v) is 12.1. The summed E-state index contributed by atoms with van der Waals surface area (Å²) in [7, 11) is -5.45. The third kappa shape index (κ3) is 13.0. The van der Waals surface area contributed by atoms with Crippen LogP contribution in [0.25, 0.3) is 0 Å². The van der Waals surface area contributed by atoms with Crippen LogP contribution in [-0.2, 0) is 43.5 Å². The first-order valence-corrected chi connectivity index (χ1v) is 21.1. The minimum atomic E-state index is -6.92. The average molecular weight is 1000 g/mol. The van der Waals surface area contributed by atoms with Crippen LogP contribution < -0.4 is 0 Å². The van der Waals surface area contributed by atoms with Crippen molar-refractivity contribution < 1.29 is 88.2 Å². The summed E-state index contributed by atoms with van der Waals surface area (Å²) in [6.07, 6.45) is -14.1. The molecule has 0 atom stereocenters. The smallest absolute Gasteiger partial charge is 0.341 e. The number of benzene rings is 2. The first-order chi connectivity index (χ1) is 28.5. The van der Waals surface area contributed by atoms with Gasteiger partial charge in [-0.2, -0.15) is 74.6 Å². The van der Waals surface area contributed by atoms with Crippen molar-refractivity contribution in [2.24, 2.45) is 11.3 Å². The Morgan fingerprint density at radius 3 is 1.27 bits per heavy atom. The zero-order valence-corrected chi connectivity index (χ0v) is 38.8. The second-order valence-electron chi connectivity index (χ2n) is 18.9. The fourth-order valence-electron chi connectivity index (χ4n) is 5.40. The highest BCUT2D eigenvalue weighted by molar-refractivity contribution is 7.90. The van der Waals surface area contributed by atoms with Gasteiger partial charge in [-0.05, 0) is 33.1 Å². The zero-order valence-electron chi connectivity index (χ0n) is 38.0. The fourth-order valence-corrected chi connectivity index (χ4v) is 6.83. The zero-order chi connectivity index (χ0) is 51.8. The summed E-state index contributed by atoms with van der Waals surface area (Å²) in [6, 6.07) is 12.6. The lowest BCUT2D eigenvalue weighted by Crippen LogP contribution is -2.68. The first-order valence-electron chi connectivity index (χ1n) is 19.7. The number of alkyl halides is 16. The van der Waals surface area contributed by atoms with E-state index in [1.54, 1.807) is 36.4 Å². The minimum Gasteiger partial charge on any atom is -0.341 e. The molecule has 66 heavy (non-hydrogen) atoms. The highest BCUT2D eigenvalue weighted by Crippen LogP contribution is 2.59. The molecule has 0 aliphatic carbocycles. The van der Waals surface area contributed by atoms with E-state index in [1.807, 2.05) is 41.5 Å². The van der Waals surface area contributed by atoms with Gasteiger partial charge in [0.25, 0.3) is 10.0 Å². The molecule has 2 aromatic rings. The van der Waals surface area contributed by atoms with Crippen LogP contribution >= 0.6 is 0 Å². The van der Waals surface area contributed by atoms with Crippen LogP contribution in [0.1, 0.15) is 119 Å². The number of carbonyl (C=O) groups excluding carboxylic acids is 1. The quantitative estimate of drug-likeness (QED) is 0.148. The van der Waals surface area contributed by atoms with Crippen molar-refractivity contribution in [3.63, 3.8) is 0 Å². The number of sulfonamides is 1. The lowest BCUT2D eigenvalue weighted by molar-refractivity contribution is -0.471. The maximum Gasteiger partial charge on any atom is 0.427 e. The normalized spacial score (nSPS) is 14.5. The van der Waals surface area contributed by atoms with Gasteiger partial charge in [0.05, 0.1) is 6.42 Å². The third-order valence-electron chi connectivity index (χ3n) is 10.1. The van der Waals surface area contributed by atoms with Crippen LogP contribution in [-0.4, -0.2) is 84.2 Å². The van der Waals surface area contributed by atoms with E-state index in [-0.39, 0.29) is 34.7 Å². The lowest BCUT2D eigenvalue weighted by atomic mass is 9.82. The Kier molecular flexibility index (Phi) is 19.3. The molecule has 0 saturated heterocycles. The predicted octanol–water partition coefficient (Wildman–Crippen LogP) is 13.8. The molecular weight excluding hydrogens is 945 g/mol. The van der Waals surface area contributed by atoms with Crippen LogP contribution in [0.5, 0.6) is 0 Å². The second-order valence-corrected chi connectivity index (χ2v) is 20.8. The number of halogens is 16. The van der Waals surface area contributed by atoms with E-state index in [4.69, 9.17) is 0 Å². The highest BCUT2D eigenvalue weighted by atomic mass is 32.2. The largest absolute Gasteiger partial charge is 0.427 e. The van der Waals surface area contributed by atoms with E-state index in [1.165, 1.54) is 12.1 Å². The Labute approximate surface area is 376 Å². The monoisotopic (exact) mass is 1000 g/mol. The molecule has 0 heterocycles. The molecule has 0 fully saturated rings. The molecule has 0 radical (unpaired) electrons. The molecule has 384 valence electrons. The van der Waals surface area contributed by atoms with Gasteiger partial charge < -0.3 is 4.90 Å². The number of hydrogen-bond acceptors (Lipinski definition) is 4. The van der Waals surface area contributed by atoms with Gasteiger partial charge in [0.15, 0.2) is 0 Å². The van der Waals surface area contributed by atoms with Crippen LogP contribution in [0, 0.1) is 11.3 Å². The first kappa shape index (κ1) is 62.7. The van der Waals surface area contributed by atoms with Crippen LogP contribution in [0.15, 0.2) is 48.5 Å². The lowest BCUT2D eigenvalue weighted by Gasteiger charge is -2.42. The van der Waals surface area contributed by atoms with Crippen LogP contribution in [0.3, 0.4) is 0 Å². The number of hydrogen-bond donors (Lipinski definition) is 0. The molecule has 0 bridgehead atoms. The van der Waals surface area contributed by atoms with Crippen LogP contribution in [0.2, 0.25) is 0 Å². The number of rotatable bonds is 17. The van der Waals surface area contributed by atoms with Crippen LogP contribution in [0.4, 0.5) is 70.2 Å². The number of ether oxygens (including phenoxy) is 1. The Balaban J connectivity index is 0.00000126. The molecule has 0 aliphatic rings. The van der Waals surface area contributed by atoms with Gasteiger partial charge in [0.2, 0.25) is 5.91 Å². The summed E-state index contributed by atoms with van der Waals surface area (Å²) in [5, 5.41) is -6.53. The van der Waals surface area contributed by atoms with Crippen molar-refractivity contribution >= 4 is 15.9 Å². The SMILES string of the molecule is C.CC(C)C(F)(F)C(F)(F)OC(F)(F)C(F)(F)CC(=O)N(C)Cc1ccc(C(C)(C)C)cc1.CCN(Cc1ccc(C(C)(C)C)cc1)S(=O)(=O)C(F)(F)C(F)(F)C(F)(F)C(F)(F)C(C)(C)C. The van der Waals surface area contributed by atoms with Crippen molar-refractivity contribution in [3.05, 3.63) is 70.8 Å². The number of amides is 1. The Hall–Kier alpha value is -3.34.